The molecule has 0 radical (unpaired) electrons. The molecule has 0 bridgehead atoms. The van der Waals surface area contributed by atoms with Gasteiger partial charge in [0.25, 0.3) is 0 Å². The maximum atomic E-state index is 3.73. The molecule has 118 valence electrons. The molecule has 1 aromatic rings. The lowest BCUT2D eigenvalue weighted by molar-refractivity contribution is 0.190. The Kier molecular flexibility index (Phi) is 6.52. The molecule has 3 nitrogen and oxygen atoms in total. The van der Waals surface area contributed by atoms with Gasteiger partial charge in [0, 0.05) is 25.3 Å². The third kappa shape index (κ3) is 5.33. The monoisotopic (exact) mass is 289 g/mol. The van der Waals surface area contributed by atoms with E-state index >= 15 is 0 Å². The van der Waals surface area contributed by atoms with Crippen molar-refractivity contribution in [1.29, 1.82) is 0 Å². The molecule has 1 aliphatic rings. The number of anilines is 1. The quantitative estimate of drug-likeness (QED) is 0.779. The van der Waals surface area contributed by atoms with Gasteiger partial charge >= 0.3 is 0 Å². The number of nitrogens with zero attached hydrogens (tertiary/aromatic N) is 2. The Morgan fingerprint density at radius 2 is 1.90 bits per heavy atom. The number of hydrogen-bond acceptors (Lipinski definition) is 3. The molecule has 0 aliphatic carbocycles. The van der Waals surface area contributed by atoms with Gasteiger partial charge < -0.3 is 15.1 Å². The van der Waals surface area contributed by atoms with Crippen LogP contribution in [0.4, 0.5) is 5.69 Å². The number of likely N-dealkylation sites (tertiary alicyclic amines) is 1. The van der Waals surface area contributed by atoms with E-state index in [0.29, 0.717) is 6.04 Å². The fourth-order valence-electron chi connectivity index (χ4n) is 3.15. The Morgan fingerprint density at radius 3 is 2.57 bits per heavy atom. The summed E-state index contributed by atoms with van der Waals surface area (Å²) < 4.78 is 0. The van der Waals surface area contributed by atoms with Gasteiger partial charge in [-0.2, -0.15) is 0 Å². The maximum Gasteiger partial charge on any atom is 0.0363 e. The van der Waals surface area contributed by atoms with Gasteiger partial charge in [0.1, 0.15) is 0 Å². The Morgan fingerprint density at radius 1 is 1.24 bits per heavy atom. The zero-order valence-electron chi connectivity index (χ0n) is 13.9. The van der Waals surface area contributed by atoms with E-state index in [4.69, 9.17) is 0 Å². The van der Waals surface area contributed by atoms with Gasteiger partial charge in [0.05, 0.1) is 0 Å². The lowest BCUT2D eigenvalue weighted by Crippen LogP contribution is -2.41. The fraction of sp³-hybridized carbons (Fsp3) is 0.667. The Labute approximate surface area is 130 Å². The molecule has 1 fully saturated rings. The smallest absolute Gasteiger partial charge is 0.0363 e. The van der Waals surface area contributed by atoms with Crippen molar-refractivity contribution in [2.75, 3.05) is 45.2 Å². The SMILES string of the molecule is CC(NCCCN(C)c1ccccc1)C1CCN(C)CC1. The van der Waals surface area contributed by atoms with E-state index in [2.05, 4.69) is 66.5 Å². The molecule has 1 heterocycles. The van der Waals surface area contributed by atoms with Gasteiger partial charge in [0.2, 0.25) is 0 Å². The van der Waals surface area contributed by atoms with E-state index < -0.39 is 0 Å². The number of nitrogens with one attached hydrogen (secondary N) is 1. The van der Waals surface area contributed by atoms with E-state index in [1.54, 1.807) is 0 Å². The van der Waals surface area contributed by atoms with E-state index in [1.807, 2.05) is 0 Å². The van der Waals surface area contributed by atoms with Gasteiger partial charge in [-0.15, -0.1) is 0 Å². The average molecular weight is 289 g/mol. The Balaban J connectivity index is 1.61. The molecule has 1 saturated heterocycles. The molecule has 2 rings (SSSR count). The highest BCUT2D eigenvalue weighted by molar-refractivity contribution is 5.44. The molecular weight excluding hydrogens is 258 g/mol. The minimum atomic E-state index is 0.653. The van der Waals surface area contributed by atoms with Gasteiger partial charge in [0.15, 0.2) is 0 Å². The molecule has 3 heteroatoms. The highest BCUT2D eigenvalue weighted by Crippen LogP contribution is 2.19. The standard InChI is InChI=1S/C18H31N3/c1-16(17-10-14-20(2)15-11-17)19-12-7-13-21(3)18-8-5-4-6-9-18/h4-6,8-9,16-17,19H,7,10-15H2,1-3H3. The van der Waals surface area contributed by atoms with Gasteiger partial charge in [-0.1, -0.05) is 18.2 Å². The third-order valence-electron chi connectivity index (χ3n) is 4.80. The van der Waals surface area contributed by atoms with Crippen molar-refractivity contribution in [3.8, 4) is 0 Å². The summed E-state index contributed by atoms with van der Waals surface area (Å²) in [6.45, 7) is 7.10. The van der Waals surface area contributed by atoms with E-state index in [9.17, 15) is 0 Å². The summed E-state index contributed by atoms with van der Waals surface area (Å²) >= 11 is 0. The molecule has 0 aromatic heterocycles. The predicted octanol–water partition coefficient (Wildman–Crippen LogP) is 2.83. The summed E-state index contributed by atoms with van der Waals surface area (Å²) in [5.74, 6) is 0.855. The summed E-state index contributed by atoms with van der Waals surface area (Å²) in [6, 6.07) is 11.3. The lowest BCUT2D eigenvalue weighted by atomic mass is 9.90. The number of piperidine rings is 1. The predicted molar refractivity (Wildman–Crippen MR) is 92.0 cm³/mol. The number of benzene rings is 1. The van der Waals surface area contributed by atoms with Crippen LogP contribution >= 0.6 is 0 Å². The Hall–Kier alpha value is -1.06. The van der Waals surface area contributed by atoms with Crippen molar-refractivity contribution in [1.82, 2.24) is 10.2 Å². The molecule has 21 heavy (non-hydrogen) atoms. The Bertz CT molecular complexity index is 385. The van der Waals surface area contributed by atoms with Gasteiger partial charge in [-0.05, 0) is 70.9 Å². The van der Waals surface area contributed by atoms with Crippen LogP contribution < -0.4 is 10.2 Å². The first kappa shape index (κ1) is 16.3. The normalized spacial score (nSPS) is 18.6. The number of rotatable bonds is 7. The second kappa shape index (κ2) is 8.40. The molecule has 1 aromatic carbocycles. The molecule has 1 N–H and O–H groups in total. The van der Waals surface area contributed by atoms with Gasteiger partial charge in [-0.3, -0.25) is 0 Å². The minimum absolute atomic E-state index is 0.653. The molecule has 0 spiro atoms. The summed E-state index contributed by atoms with van der Waals surface area (Å²) in [5.41, 5.74) is 1.31. The highest BCUT2D eigenvalue weighted by atomic mass is 15.1. The van der Waals surface area contributed by atoms with E-state index in [0.717, 1.165) is 19.0 Å². The van der Waals surface area contributed by atoms with Crippen molar-refractivity contribution in [2.24, 2.45) is 5.92 Å². The summed E-state index contributed by atoms with van der Waals surface area (Å²) in [6.07, 6.45) is 3.88. The summed E-state index contributed by atoms with van der Waals surface area (Å²) in [5, 5.41) is 3.73. The number of hydrogen-bond donors (Lipinski definition) is 1. The van der Waals surface area contributed by atoms with Gasteiger partial charge in [-0.25, -0.2) is 0 Å². The first-order chi connectivity index (χ1) is 10.2. The second-order valence-electron chi connectivity index (χ2n) is 6.49. The van der Waals surface area contributed by atoms with Crippen LogP contribution in [0.1, 0.15) is 26.2 Å². The van der Waals surface area contributed by atoms with Crippen LogP contribution in [0.5, 0.6) is 0 Å². The van der Waals surface area contributed by atoms with Crippen molar-refractivity contribution in [3.05, 3.63) is 30.3 Å². The molecule has 0 amide bonds. The largest absolute Gasteiger partial charge is 0.375 e. The van der Waals surface area contributed by atoms with Crippen LogP contribution in [-0.2, 0) is 0 Å². The maximum absolute atomic E-state index is 3.73. The van der Waals surface area contributed by atoms with Crippen molar-refractivity contribution >= 4 is 5.69 Å². The highest BCUT2D eigenvalue weighted by Gasteiger charge is 2.21. The zero-order chi connectivity index (χ0) is 15.1. The van der Waals surface area contributed by atoms with Crippen LogP contribution in [0.2, 0.25) is 0 Å². The molecule has 1 unspecified atom stereocenters. The average Bonchev–Trinajstić information content (AvgIpc) is 2.52. The van der Waals surface area contributed by atoms with Crippen LogP contribution in [0.3, 0.4) is 0 Å². The summed E-state index contributed by atoms with van der Waals surface area (Å²) in [4.78, 5) is 4.78. The molecular formula is C18H31N3. The first-order valence-corrected chi connectivity index (χ1v) is 8.35. The van der Waals surface area contributed by atoms with Crippen LogP contribution in [0, 0.1) is 5.92 Å². The topological polar surface area (TPSA) is 18.5 Å². The molecule has 1 atom stereocenters. The van der Waals surface area contributed by atoms with Crippen molar-refractivity contribution in [3.63, 3.8) is 0 Å². The molecule has 1 aliphatic heterocycles. The van der Waals surface area contributed by atoms with Crippen molar-refractivity contribution < 1.29 is 0 Å². The number of para-hydroxylation sites is 1. The van der Waals surface area contributed by atoms with E-state index in [-0.39, 0.29) is 0 Å². The van der Waals surface area contributed by atoms with Crippen LogP contribution in [0.25, 0.3) is 0 Å². The molecule has 0 saturated carbocycles. The zero-order valence-corrected chi connectivity index (χ0v) is 13.9. The van der Waals surface area contributed by atoms with Crippen LogP contribution in [0.15, 0.2) is 30.3 Å². The second-order valence-corrected chi connectivity index (χ2v) is 6.49. The summed E-state index contributed by atoms with van der Waals surface area (Å²) in [7, 11) is 4.41. The van der Waals surface area contributed by atoms with E-state index in [1.165, 1.54) is 38.0 Å². The third-order valence-corrected chi connectivity index (χ3v) is 4.80. The minimum Gasteiger partial charge on any atom is -0.375 e. The fourth-order valence-corrected chi connectivity index (χ4v) is 3.15. The van der Waals surface area contributed by atoms with Crippen molar-refractivity contribution in [2.45, 2.75) is 32.2 Å². The van der Waals surface area contributed by atoms with Crippen LogP contribution in [-0.4, -0.2) is 51.2 Å². The lowest BCUT2D eigenvalue weighted by Gasteiger charge is -2.33. The first-order valence-electron chi connectivity index (χ1n) is 8.35.